The molecule has 3 rings (SSSR count). The molecule has 1 N–H and O–H groups in total. The molecule has 7 nitrogen and oxygen atoms in total. The van der Waals surface area contributed by atoms with Crippen molar-refractivity contribution in [2.24, 2.45) is 0 Å². The number of esters is 1. The van der Waals surface area contributed by atoms with Crippen LogP contribution in [0.5, 0.6) is 0 Å². The highest BCUT2D eigenvalue weighted by Gasteiger charge is 2.09. The lowest BCUT2D eigenvalue weighted by Crippen LogP contribution is -2.12. The first kappa shape index (κ1) is 15.4. The molecule has 24 heavy (non-hydrogen) atoms. The van der Waals surface area contributed by atoms with Crippen LogP contribution in [0.3, 0.4) is 0 Å². The molecular formula is C17H14N4O3. The molecule has 1 amide bonds. The highest BCUT2D eigenvalue weighted by molar-refractivity contribution is 6.04. The smallest absolute Gasteiger partial charge is 0.337 e. The molecule has 0 saturated heterocycles. The van der Waals surface area contributed by atoms with Crippen LogP contribution in [0.4, 0.5) is 5.69 Å². The first-order valence-corrected chi connectivity index (χ1v) is 7.11. The van der Waals surface area contributed by atoms with Crippen LogP contribution in [-0.2, 0) is 4.74 Å². The van der Waals surface area contributed by atoms with Crippen LogP contribution >= 0.6 is 0 Å². The van der Waals surface area contributed by atoms with Gasteiger partial charge in [0.1, 0.15) is 12.1 Å². The molecular weight excluding hydrogens is 308 g/mol. The van der Waals surface area contributed by atoms with Crippen molar-refractivity contribution in [1.29, 1.82) is 0 Å². The summed E-state index contributed by atoms with van der Waals surface area (Å²) in [5, 5.41) is 2.75. The predicted molar refractivity (Wildman–Crippen MR) is 87.1 cm³/mol. The summed E-state index contributed by atoms with van der Waals surface area (Å²) in [6, 6.07) is 9.86. The number of hydrogen-bond acceptors (Lipinski definition) is 5. The lowest BCUT2D eigenvalue weighted by molar-refractivity contribution is 0.0600. The molecule has 1 aromatic carbocycles. The van der Waals surface area contributed by atoms with Crippen molar-refractivity contribution in [1.82, 2.24) is 14.5 Å². The molecule has 120 valence electrons. The Bertz CT molecular complexity index is 841. The molecule has 0 fully saturated rings. The molecule has 0 radical (unpaired) electrons. The zero-order valence-electron chi connectivity index (χ0n) is 12.8. The fourth-order valence-corrected chi connectivity index (χ4v) is 2.08. The van der Waals surface area contributed by atoms with Crippen LogP contribution in [0.1, 0.15) is 20.7 Å². The van der Waals surface area contributed by atoms with Crippen LogP contribution in [0.2, 0.25) is 0 Å². The molecule has 2 aromatic heterocycles. The molecule has 3 aromatic rings. The Morgan fingerprint density at radius 3 is 2.42 bits per heavy atom. The minimum absolute atomic E-state index is 0.287. The van der Waals surface area contributed by atoms with Gasteiger partial charge in [-0.3, -0.25) is 9.36 Å². The van der Waals surface area contributed by atoms with E-state index in [1.807, 2.05) is 0 Å². The number of amides is 1. The summed E-state index contributed by atoms with van der Waals surface area (Å²) >= 11 is 0. The standard InChI is InChI=1S/C17H14N4O3/c1-24-17(23)12-2-5-14(6-3-12)20-16(22)13-4-7-15(19-10-13)21-9-8-18-11-21/h2-11H,1H3,(H,20,22). The minimum atomic E-state index is -0.424. The number of pyridine rings is 1. The van der Waals surface area contributed by atoms with Crippen molar-refractivity contribution in [3.8, 4) is 5.82 Å². The van der Waals surface area contributed by atoms with Crippen LogP contribution in [0, 0.1) is 0 Å². The van der Waals surface area contributed by atoms with Crippen LogP contribution < -0.4 is 5.32 Å². The van der Waals surface area contributed by atoms with Crippen molar-refractivity contribution in [2.45, 2.75) is 0 Å². The van der Waals surface area contributed by atoms with Gasteiger partial charge >= 0.3 is 5.97 Å². The van der Waals surface area contributed by atoms with Gasteiger partial charge in [-0.05, 0) is 36.4 Å². The summed E-state index contributed by atoms with van der Waals surface area (Å²) in [5.41, 5.74) is 1.42. The topological polar surface area (TPSA) is 86.1 Å². The maximum absolute atomic E-state index is 12.2. The molecule has 0 bridgehead atoms. The molecule has 0 aliphatic rings. The fourth-order valence-electron chi connectivity index (χ4n) is 2.08. The monoisotopic (exact) mass is 322 g/mol. The summed E-state index contributed by atoms with van der Waals surface area (Å²) in [5.74, 6) is -0.0378. The first-order valence-electron chi connectivity index (χ1n) is 7.11. The van der Waals surface area contributed by atoms with Crippen molar-refractivity contribution < 1.29 is 14.3 Å². The van der Waals surface area contributed by atoms with E-state index in [1.165, 1.54) is 13.3 Å². The molecule has 7 heteroatoms. The summed E-state index contributed by atoms with van der Waals surface area (Å²) in [6.45, 7) is 0. The second-order valence-electron chi connectivity index (χ2n) is 4.90. The van der Waals surface area contributed by atoms with Gasteiger partial charge in [0.2, 0.25) is 0 Å². The molecule has 2 heterocycles. The average Bonchev–Trinajstić information content (AvgIpc) is 3.16. The van der Waals surface area contributed by atoms with E-state index in [0.717, 1.165) is 0 Å². The molecule has 0 spiro atoms. The number of carbonyl (C=O) groups is 2. The largest absolute Gasteiger partial charge is 0.465 e. The summed E-state index contributed by atoms with van der Waals surface area (Å²) in [6.07, 6.45) is 6.55. The van der Waals surface area contributed by atoms with Gasteiger partial charge in [0, 0.05) is 24.3 Å². The van der Waals surface area contributed by atoms with E-state index in [4.69, 9.17) is 0 Å². The number of carbonyl (C=O) groups excluding carboxylic acids is 2. The van der Waals surface area contributed by atoms with E-state index in [2.05, 4.69) is 20.0 Å². The van der Waals surface area contributed by atoms with E-state index in [0.29, 0.717) is 22.6 Å². The second-order valence-corrected chi connectivity index (χ2v) is 4.90. The summed E-state index contributed by atoms with van der Waals surface area (Å²) in [7, 11) is 1.32. The van der Waals surface area contributed by atoms with E-state index < -0.39 is 5.97 Å². The number of methoxy groups -OCH3 is 1. The van der Waals surface area contributed by atoms with Crippen LogP contribution in [-0.4, -0.2) is 33.5 Å². The third-order valence-electron chi connectivity index (χ3n) is 3.34. The maximum atomic E-state index is 12.2. The molecule has 0 aliphatic carbocycles. The number of benzene rings is 1. The number of ether oxygens (including phenoxy) is 1. The normalized spacial score (nSPS) is 10.2. The Kier molecular flexibility index (Phi) is 4.33. The van der Waals surface area contributed by atoms with Crippen LogP contribution in [0.15, 0.2) is 61.3 Å². The Morgan fingerprint density at radius 2 is 1.83 bits per heavy atom. The molecule has 0 unspecified atom stereocenters. The van der Waals surface area contributed by atoms with Gasteiger partial charge in [0.15, 0.2) is 0 Å². The lowest BCUT2D eigenvalue weighted by Gasteiger charge is -2.07. The Balaban J connectivity index is 1.69. The van der Waals surface area contributed by atoms with Gasteiger partial charge in [-0.15, -0.1) is 0 Å². The van der Waals surface area contributed by atoms with Gasteiger partial charge in [-0.25, -0.2) is 14.8 Å². The maximum Gasteiger partial charge on any atom is 0.337 e. The number of nitrogens with zero attached hydrogens (tertiary/aromatic N) is 3. The van der Waals surface area contributed by atoms with Crippen molar-refractivity contribution in [3.63, 3.8) is 0 Å². The number of rotatable bonds is 4. The van der Waals surface area contributed by atoms with Gasteiger partial charge in [0.05, 0.1) is 18.2 Å². The molecule has 0 atom stereocenters. The first-order chi connectivity index (χ1) is 11.7. The highest BCUT2D eigenvalue weighted by atomic mass is 16.5. The van der Waals surface area contributed by atoms with E-state index >= 15 is 0 Å². The van der Waals surface area contributed by atoms with Crippen molar-refractivity contribution in [2.75, 3.05) is 12.4 Å². The van der Waals surface area contributed by atoms with Gasteiger partial charge < -0.3 is 10.1 Å². The van der Waals surface area contributed by atoms with E-state index in [1.54, 1.807) is 59.7 Å². The van der Waals surface area contributed by atoms with E-state index in [-0.39, 0.29) is 5.91 Å². The highest BCUT2D eigenvalue weighted by Crippen LogP contribution is 2.12. The van der Waals surface area contributed by atoms with Crippen molar-refractivity contribution >= 4 is 17.6 Å². The Hall–Kier alpha value is -3.48. The third-order valence-corrected chi connectivity index (χ3v) is 3.34. The SMILES string of the molecule is COC(=O)c1ccc(NC(=O)c2ccc(-n3ccnc3)nc2)cc1. The quantitative estimate of drug-likeness (QED) is 0.745. The number of aromatic nitrogens is 3. The van der Waals surface area contributed by atoms with Gasteiger partial charge in [-0.1, -0.05) is 0 Å². The zero-order valence-corrected chi connectivity index (χ0v) is 12.8. The predicted octanol–water partition coefficient (Wildman–Crippen LogP) is 2.31. The minimum Gasteiger partial charge on any atom is -0.465 e. The Morgan fingerprint density at radius 1 is 1.08 bits per heavy atom. The number of nitrogens with one attached hydrogen (secondary N) is 1. The summed E-state index contributed by atoms with van der Waals surface area (Å²) in [4.78, 5) is 31.8. The zero-order chi connectivity index (χ0) is 16.9. The van der Waals surface area contributed by atoms with Crippen LogP contribution in [0.25, 0.3) is 5.82 Å². The number of imidazole rings is 1. The fraction of sp³-hybridized carbons (Fsp3) is 0.0588. The van der Waals surface area contributed by atoms with Crippen molar-refractivity contribution in [3.05, 3.63) is 72.4 Å². The molecule has 0 saturated carbocycles. The van der Waals surface area contributed by atoms with E-state index in [9.17, 15) is 9.59 Å². The summed E-state index contributed by atoms with van der Waals surface area (Å²) < 4.78 is 6.37. The Labute approximate surface area is 137 Å². The van der Waals surface area contributed by atoms with Gasteiger partial charge in [-0.2, -0.15) is 0 Å². The molecule has 0 aliphatic heterocycles. The number of anilines is 1. The average molecular weight is 322 g/mol. The third kappa shape index (κ3) is 3.30. The second kappa shape index (κ2) is 6.74. The van der Waals surface area contributed by atoms with Gasteiger partial charge in [0.25, 0.3) is 5.91 Å². The number of hydrogen-bond donors (Lipinski definition) is 1. The lowest BCUT2D eigenvalue weighted by atomic mass is 10.2.